The molecule has 0 aliphatic carbocycles. The van der Waals surface area contributed by atoms with Crippen molar-refractivity contribution in [1.82, 2.24) is 4.98 Å². The van der Waals surface area contributed by atoms with Crippen molar-refractivity contribution in [3.8, 4) is 0 Å². The number of pyridine rings is 1. The van der Waals surface area contributed by atoms with Crippen LogP contribution in [-0.2, 0) is 0 Å². The maximum atomic E-state index is 4.32. The van der Waals surface area contributed by atoms with Gasteiger partial charge >= 0.3 is 0 Å². The highest BCUT2D eigenvalue weighted by Gasteiger charge is 2.03. The number of hydrogen-bond acceptors (Lipinski definition) is 3. The van der Waals surface area contributed by atoms with E-state index in [1.54, 1.807) is 0 Å². The number of anilines is 2. The van der Waals surface area contributed by atoms with E-state index < -0.39 is 0 Å². The monoisotopic (exact) mass is 263 g/mol. The van der Waals surface area contributed by atoms with Gasteiger partial charge in [-0.25, -0.2) is 4.98 Å². The van der Waals surface area contributed by atoms with Crippen LogP contribution in [0.5, 0.6) is 0 Å². The Hall–Kier alpha value is -1.25. The Balaban J connectivity index is 2.34. The molecule has 2 N–H and O–H groups in total. The van der Waals surface area contributed by atoms with E-state index in [0.717, 1.165) is 24.5 Å². The van der Waals surface area contributed by atoms with Crippen LogP contribution in [0.25, 0.3) is 0 Å². The standard InChI is InChI=1S/C16H29N3/c1-4-6-7-8-9-14(3)19-15-10-12-18-16(13-15)17-11-5-2/h10,12-14H,4-9,11H2,1-3H3,(H2,17,18,19). The van der Waals surface area contributed by atoms with Gasteiger partial charge in [0, 0.05) is 30.5 Å². The van der Waals surface area contributed by atoms with E-state index in [9.17, 15) is 0 Å². The van der Waals surface area contributed by atoms with Crippen molar-refractivity contribution in [2.24, 2.45) is 0 Å². The Bertz CT molecular complexity index is 339. The lowest BCUT2D eigenvalue weighted by Crippen LogP contribution is -2.15. The molecule has 0 aliphatic rings. The summed E-state index contributed by atoms with van der Waals surface area (Å²) in [6.07, 6.45) is 9.54. The molecule has 0 aliphatic heterocycles. The lowest BCUT2D eigenvalue weighted by atomic mass is 10.1. The maximum absolute atomic E-state index is 4.32. The fourth-order valence-corrected chi connectivity index (χ4v) is 2.10. The fourth-order valence-electron chi connectivity index (χ4n) is 2.10. The second-order valence-electron chi connectivity index (χ2n) is 5.25. The van der Waals surface area contributed by atoms with Gasteiger partial charge in [-0.3, -0.25) is 0 Å². The molecule has 0 saturated carbocycles. The van der Waals surface area contributed by atoms with Gasteiger partial charge in [0.2, 0.25) is 0 Å². The number of rotatable bonds is 10. The third kappa shape index (κ3) is 7.04. The van der Waals surface area contributed by atoms with Crippen LogP contribution in [-0.4, -0.2) is 17.6 Å². The van der Waals surface area contributed by atoms with E-state index >= 15 is 0 Å². The molecule has 0 saturated heterocycles. The number of aromatic nitrogens is 1. The molecule has 108 valence electrons. The minimum Gasteiger partial charge on any atom is -0.382 e. The van der Waals surface area contributed by atoms with Gasteiger partial charge in [0.15, 0.2) is 0 Å². The van der Waals surface area contributed by atoms with E-state index in [1.807, 2.05) is 12.3 Å². The Morgan fingerprint density at radius 3 is 2.74 bits per heavy atom. The maximum Gasteiger partial charge on any atom is 0.127 e. The third-order valence-electron chi connectivity index (χ3n) is 3.22. The predicted octanol–water partition coefficient (Wildman–Crippen LogP) is 4.67. The van der Waals surface area contributed by atoms with E-state index in [-0.39, 0.29) is 0 Å². The second-order valence-corrected chi connectivity index (χ2v) is 5.25. The minimum absolute atomic E-state index is 0.526. The quantitative estimate of drug-likeness (QED) is 0.602. The molecular weight excluding hydrogens is 234 g/mol. The Labute approximate surface area is 118 Å². The summed E-state index contributed by atoms with van der Waals surface area (Å²) in [5, 5.41) is 6.87. The smallest absolute Gasteiger partial charge is 0.127 e. The van der Waals surface area contributed by atoms with Crippen molar-refractivity contribution in [3.63, 3.8) is 0 Å². The summed E-state index contributed by atoms with van der Waals surface area (Å²) in [5.41, 5.74) is 1.16. The molecule has 0 spiro atoms. The topological polar surface area (TPSA) is 37.0 Å². The Morgan fingerprint density at radius 2 is 2.00 bits per heavy atom. The summed E-state index contributed by atoms with van der Waals surface area (Å²) >= 11 is 0. The van der Waals surface area contributed by atoms with Crippen molar-refractivity contribution in [1.29, 1.82) is 0 Å². The first-order valence-corrected chi connectivity index (χ1v) is 7.72. The number of hydrogen-bond donors (Lipinski definition) is 2. The molecule has 1 aromatic heterocycles. The molecule has 1 rings (SSSR count). The molecule has 3 heteroatoms. The lowest BCUT2D eigenvalue weighted by molar-refractivity contribution is 0.594. The van der Waals surface area contributed by atoms with Crippen LogP contribution < -0.4 is 10.6 Å². The summed E-state index contributed by atoms with van der Waals surface area (Å²) in [5.74, 6) is 0.963. The largest absolute Gasteiger partial charge is 0.382 e. The van der Waals surface area contributed by atoms with Gasteiger partial charge in [-0.05, 0) is 25.8 Å². The zero-order valence-electron chi connectivity index (χ0n) is 12.7. The van der Waals surface area contributed by atoms with E-state index in [0.29, 0.717) is 6.04 Å². The highest BCUT2D eigenvalue weighted by atomic mass is 15.0. The zero-order chi connectivity index (χ0) is 13.9. The molecule has 1 atom stereocenters. The minimum atomic E-state index is 0.526. The molecular formula is C16H29N3. The van der Waals surface area contributed by atoms with Gasteiger partial charge in [0.05, 0.1) is 0 Å². The molecule has 0 fully saturated rings. The Kier molecular flexibility index (Phi) is 8.03. The van der Waals surface area contributed by atoms with Gasteiger partial charge in [-0.1, -0.05) is 39.5 Å². The number of unbranched alkanes of at least 4 members (excludes halogenated alkanes) is 3. The number of nitrogens with one attached hydrogen (secondary N) is 2. The van der Waals surface area contributed by atoms with E-state index in [4.69, 9.17) is 0 Å². The lowest BCUT2D eigenvalue weighted by Gasteiger charge is -2.15. The van der Waals surface area contributed by atoms with Gasteiger partial charge in [0.25, 0.3) is 0 Å². The van der Waals surface area contributed by atoms with Crippen LogP contribution >= 0.6 is 0 Å². The first-order valence-electron chi connectivity index (χ1n) is 7.72. The highest BCUT2D eigenvalue weighted by Crippen LogP contribution is 2.15. The van der Waals surface area contributed by atoms with Crippen LogP contribution in [0.3, 0.4) is 0 Å². The summed E-state index contributed by atoms with van der Waals surface area (Å²) in [6, 6.07) is 4.66. The van der Waals surface area contributed by atoms with Crippen molar-refractivity contribution >= 4 is 11.5 Å². The van der Waals surface area contributed by atoms with Crippen molar-refractivity contribution in [2.75, 3.05) is 17.2 Å². The third-order valence-corrected chi connectivity index (χ3v) is 3.22. The van der Waals surface area contributed by atoms with Crippen molar-refractivity contribution in [2.45, 2.75) is 65.3 Å². The van der Waals surface area contributed by atoms with Crippen LogP contribution in [0.2, 0.25) is 0 Å². The number of nitrogens with zero attached hydrogens (tertiary/aromatic N) is 1. The van der Waals surface area contributed by atoms with Gasteiger partial charge in [-0.15, -0.1) is 0 Å². The summed E-state index contributed by atoms with van der Waals surface area (Å²) < 4.78 is 0. The van der Waals surface area contributed by atoms with Crippen LogP contribution in [0.15, 0.2) is 18.3 Å². The molecule has 1 heterocycles. The molecule has 3 nitrogen and oxygen atoms in total. The molecule has 0 radical (unpaired) electrons. The van der Waals surface area contributed by atoms with Gasteiger partial charge < -0.3 is 10.6 Å². The average Bonchev–Trinajstić information content (AvgIpc) is 2.42. The molecule has 0 amide bonds. The summed E-state index contributed by atoms with van der Waals surface area (Å²) in [4.78, 5) is 4.32. The highest BCUT2D eigenvalue weighted by molar-refractivity contribution is 5.52. The fraction of sp³-hybridized carbons (Fsp3) is 0.688. The molecule has 0 aromatic carbocycles. The van der Waals surface area contributed by atoms with E-state index in [1.165, 1.54) is 32.1 Å². The molecule has 19 heavy (non-hydrogen) atoms. The zero-order valence-corrected chi connectivity index (χ0v) is 12.7. The molecule has 1 aromatic rings. The summed E-state index contributed by atoms with van der Waals surface area (Å²) in [6.45, 7) is 7.64. The van der Waals surface area contributed by atoms with Crippen molar-refractivity contribution < 1.29 is 0 Å². The Morgan fingerprint density at radius 1 is 1.16 bits per heavy atom. The van der Waals surface area contributed by atoms with Crippen LogP contribution in [0.1, 0.15) is 59.3 Å². The van der Waals surface area contributed by atoms with Crippen molar-refractivity contribution in [3.05, 3.63) is 18.3 Å². The second kappa shape index (κ2) is 9.65. The van der Waals surface area contributed by atoms with Crippen LogP contribution in [0.4, 0.5) is 11.5 Å². The predicted molar refractivity (Wildman–Crippen MR) is 84.9 cm³/mol. The molecule has 0 bridgehead atoms. The average molecular weight is 263 g/mol. The molecule has 1 unspecified atom stereocenters. The van der Waals surface area contributed by atoms with Crippen LogP contribution in [0, 0.1) is 0 Å². The first kappa shape index (κ1) is 15.8. The van der Waals surface area contributed by atoms with Gasteiger partial charge in [-0.2, -0.15) is 0 Å². The SMILES string of the molecule is CCCCCCC(C)Nc1ccnc(NCCC)c1. The normalized spacial score (nSPS) is 12.2. The van der Waals surface area contributed by atoms with E-state index in [2.05, 4.69) is 42.5 Å². The van der Waals surface area contributed by atoms with Gasteiger partial charge in [0.1, 0.15) is 5.82 Å². The summed E-state index contributed by atoms with van der Waals surface area (Å²) in [7, 11) is 0. The first-order chi connectivity index (χ1) is 9.26.